The van der Waals surface area contributed by atoms with Crippen LogP contribution in [0.1, 0.15) is 98.9 Å². The molecular weight excluding hydrogens is 867 g/mol. The molecule has 4 aliphatic heterocycles. The molecule has 1 unspecified atom stereocenters. The van der Waals surface area contributed by atoms with Crippen LogP contribution in [0.2, 0.25) is 0 Å². The van der Waals surface area contributed by atoms with Gasteiger partial charge >= 0.3 is 0 Å². The van der Waals surface area contributed by atoms with E-state index in [9.17, 15) is 32.8 Å². The highest BCUT2D eigenvalue weighted by Crippen LogP contribution is 2.36. The number of piperazine rings is 1. The number of hydrogen-bond donors (Lipinski definition) is 3. The van der Waals surface area contributed by atoms with Gasteiger partial charge in [-0.2, -0.15) is 10.2 Å². The third-order valence-electron chi connectivity index (χ3n) is 13.7. The molecule has 0 bridgehead atoms. The molecule has 1 atom stereocenters. The number of nitrogens with zero attached hydrogens (tertiary/aromatic N) is 9. The quantitative estimate of drug-likeness (QED) is 0.140. The highest BCUT2D eigenvalue weighted by atomic mass is 19.3. The van der Waals surface area contributed by atoms with Gasteiger partial charge in [0.25, 0.3) is 24.1 Å². The average Bonchev–Trinajstić information content (AvgIpc) is 4.04. The number of fused-ring (bicyclic) bond motifs is 2. The molecule has 3 saturated heterocycles. The number of benzene rings is 2. The number of alkyl halides is 2. The predicted octanol–water partition coefficient (Wildman–Crippen LogP) is 4.51. The normalized spacial score (nSPS) is 21.9. The fourth-order valence-electron chi connectivity index (χ4n) is 10.00. The summed E-state index contributed by atoms with van der Waals surface area (Å²) in [5.41, 5.74) is 3.23. The first kappa shape index (κ1) is 44.2. The summed E-state index contributed by atoms with van der Waals surface area (Å²) in [6.45, 7) is 8.56. The molecule has 5 aliphatic rings. The molecule has 3 aromatic heterocycles. The zero-order chi connectivity index (χ0) is 46.2. The van der Waals surface area contributed by atoms with Gasteiger partial charge in [-0.3, -0.25) is 43.8 Å². The van der Waals surface area contributed by atoms with E-state index in [1.165, 1.54) is 22.5 Å². The molecule has 5 aromatic rings. The molecule has 0 radical (unpaired) electrons. The minimum absolute atomic E-state index is 0.0105. The number of hydrogen-bond acceptors (Lipinski definition) is 13. The molecular formula is C47H52F2N12O6. The number of halogens is 2. The second-order valence-electron chi connectivity index (χ2n) is 18.0. The maximum Gasteiger partial charge on any atom is 0.284 e. The van der Waals surface area contributed by atoms with Crippen LogP contribution < -0.4 is 20.9 Å². The molecule has 18 nitrogen and oxygen atoms in total. The van der Waals surface area contributed by atoms with Crippen molar-refractivity contribution in [3.8, 4) is 0 Å². The van der Waals surface area contributed by atoms with Crippen molar-refractivity contribution in [1.29, 1.82) is 0 Å². The van der Waals surface area contributed by atoms with Gasteiger partial charge in [-0.1, -0.05) is 30.3 Å². The minimum Gasteiger partial charge on any atom is -0.380 e. The fourth-order valence-corrected chi connectivity index (χ4v) is 10.00. The number of carbonyl (C=O) groups is 5. The monoisotopic (exact) mass is 918 g/mol. The van der Waals surface area contributed by atoms with Crippen LogP contribution in [0.15, 0.2) is 67.1 Å². The van der Waals surface area contributed by atoms with Crippen molar-refractivity contribution in [2.24, 2.45) is 5.92 Å². The Labute approximate surface area is 384 Å². The van der Waals surface area contributed by atoms with Crippen molar-refractivity contribution in [2.45, 2.75) is 70.1 Å². The van der Waals surface area contributed by atoms with Crippen LogP contribution >= 0.6 is 0 Å². The van der Waals surface area contributed by atoms with Crippen LogP contribution in [0.25, 0.3) is 5.65 Å². The fraction of sp³-hybridized carbons (Fsp3) is 0.447. The second kappa shape index (κ2) is 18.9. The zero-order valence-corrected chi connectivity index (χ0v) is 36.9. The van der Waals surface area contributed by atoms with Gasteiger partial charge in [-0.15, -0.1) is 0 Å². The number of carbonyl (C=O) groups excluding carboxylic acids is 5. The van der Waals surface area contributed by atoms with Crippen molar-refractivity contribution in [3.05, 3.63) is 101 Å². The maximum absolute atomic E-state index is 14.3. The minimum atomic E-state index is -2.86. The van der Waals surface area contributed by atoms with Crippen LogP contribution in [-0.4, -0.2) is 134 Å². The predicted molar refractivity (Wildman–Crippen MR) is 241 cm³/mol. The lowest BCUT2D eigenvalue weighted by Crippen LogP contribution is -2.54. The van der Waals surface area contributed by atoms with Crippen molar-refractivity contribution >= 4 is 52.4 Å². The van der Waals surface area contributed by atoms with Crippen LogP contribution in [0.3, 0.4) is 0 Å². The van der Waals surface area contributed by atoms with E-state index < -0.39 is 47.7 Å². The molecule has 67 heavy (non-hydrogen) atoms. The number of ether oxygens (including phenoxy) is 1. The number of rotatable bonds is 13. The van der Waals surface area contributed by atoms with E-state index in [1.54, 1.807) is 29.1 Å². The zero-order valence-electron chi connectivity index (χ0n) is 36.9. The van der Waals surface area contributed by atoms with Crippen molar-refractivity contribution in [3.63, 3.8) is 0 Å². The molecule has 2 aromatic carbocycles. The number of amides is 5. The number of piperidine rings is 1. The van der Waals surface area contributed by atoms with E-state index >= 15 is 0 Å². The largest absolute Gasteiger partial charge is 0.380 e. The Kier molecular flexibility index (Phi) is 12.5. The topological polar surface area (TPSA) is 192 Å². The Morgan fingerprint density at radius 2 is 1.60 bits per heavy atom. The van der Waals surface area contributed by atoms with Crippen LogP contribution in [0.4, 0.5) is 26.0 Å². The van der Waals surface area contributed by atoms with E-state index in [2.05, 4.69) is 70.1 Å². The lowest BCUT2D eigenvalue weighted by molar-refractivity contribution is -0.136. The summed E-state index contributed by atoms with van der Waals surface area (Å²) in [5, 5.41) is 16.8. The van der Waals surface area contributed by atoms with Gasteiger partial charge in [-0.05, 0) is 67.3 Å². The van der Waals surface area contributed by atoms with Crippen LogP contribution in [-0.2, 0) is 27.4 Å². The lowest BCUT2D eigenvalue weighted by Gasteiger charge is -2.38. The highest BCUT2D eigenvalue weighted by molar-refractivity contribution is 6.25. The average molecular weight is 919 g/mol. The summed E-state index contributed by atoms with van der Waals surface area (Å²) in [7, 11) is 0. The Bertz CT molecular complexity index is 2690. The Morgan fingerprint density at radius 1 is 0.851 bits per heavy atom. The first-order chi connectivity index (χ1) is 32.6. The summed E-state index contributed by atoms with van der Waals surface area (Å²) in [6, 6.07) is 14.1. The SMILES string of the molecule is O=C1CCC(N2C(=O)c3cccc(NCc4ccc(CN5CCN(CC6CCC(n7cc(NC(=O)c8cnn9ccc(N%10CCOCC%10)nc89)c(C(F)F)n7)CC6)CC5)cc4)c3C2=O)C(=O)N1. The Morgan fingerprint density at radius 3 is 2.34 bits per heavy atom. The van der Waals surface area contributed by atoms with Gasteiger partial charge in [0.2, 0.25) is 11.8 Å². The molecule has 5 amide bonds. The first-order valence-electron chi connectivity index (χ1n) is 23.0. The van der Waals surface area contributed by atoms with Crippen LogP contribution in [0.5, 0.6) is 0 Å². The first-order valence-corrected chi connectivity index (χ1v) is 23.0. The number of nitrogens with one attached hydrogen (secondary N) is 3. The van der Waals surface area contributed by atoms with Gasteiger partial charge < -0.3 is 25.2 Å². The van der Waals surface area contributed by atoms with Crippen molar-refractivity contribution in [1.82, 2.24) is 44.4 Å². The number of aromatic nitrogens is 5. The molecule has 1 saturated carbocycles. The Hall–Kier alpha value is -6.64. The Balaban J connectivity index is 0.675. The standard InChI is InChI=1S/C47H52F2N12O6/c48-42(49)41-36(52-44(63)34-25-51-59-15-14-38(53-43(34)59)58-20-22-67-23-21-58)28-60(55-41)32-10-8-31(9-11-32)27-57-18-16-56(17-19-57)26-30-6-4-29(5-7-30)24-50-35-3-1-2-33-40(35)47(66)61(46(33)65)37-12-13-39(62)54-45(37)64/h1-7,14-15,25,28,31-32,37,42,50H,8-13,16-24,26-27H2,(H,52,63)(H,54,62,64). The van der Waals surface area contributed by atoms with Crippen molar-refractivity contribution < 1.29 is 37.5 Å². The van der Waals surface area contributed by atoms with Gasteiger partial charge in [-0.25, -0.2) is 18.3 Å². The van der Waals surface area contributed by atoms with E-state index in [-0.39, 0.29) is 41.3 Å². The molecule has 10 rings (SSSR count). The molecule has 1 aliphatic carbocycles. The second-order valence-corrected chi connectivity index (χ2v) is 18.0. The van der Waals surface area contributed by atoms with Gasteiger partial charge in [0, 0.05) is 83.4 Å². The van der Waals surface area contributed by atoms with E-state index in [4.69, 9.17) is 4.74 Å². The number of morpholine rings is 1. The lowest BCUT2D eigenvalue weighted by atomic mass is 9.85. The van der Waals surface area contributed by atoms with Gasteiger partial charge in [0.1, 0.15) is 17.4 Å². The molecule has 350 valence electrons. The van der Waals surface area contributed by atoms with E-state index in [0.717, 1.165) is 75.4 Å². The molecule has 0 spiro atoms. The van der Waals surface area contributed by atoms with Crippen LogP contribution in [0, 0.1) is 5.92 Å². The third-order valence-corrected chi connectivity index (χ3v) is 13.7. The number of imide groups is 2. The van der Waals surface area contributed by atoms with Crippen molar-refractivity contribution in [2.75, 3.05) is 74.6 Å². The van der Waals surface area contributed by atoms with Gasteiger partial charge in [0.15, 0.2) is 11.3 Å². The van der Waals surface area contributed by atoms with E-state index in [0.29, 0.717) is 55.9 Å². The molecule has 7 heterocycles. The molecule has 4 fully saturated rings. The summed E-state index contributed by atoms with van der Waals surface area (Å²) in [5.74, 6) is -1.52. The summed E-state index contributed by atoms with van der Waals surface area (Å²) >= 11 is 0. The summed E-state index contributed by atoms with van der Waals surface area (Å²) < 4.78 is 37.1. The maximum atomic E-state index is 14.3. The summed E-state index contributed by atoms with van der Waals surface area (Å²) in [6.07, 6.45) is 5.50. The molecule has 3 N–H and O–H groups in total. The van der Waals surface area contributed by atoms with E-state index in [1.807, 2.05) is 6.07 Å². The third kappa shape index (κ3) is 9.24. The highest BCUT2D eigenvalue weighted by Gasteiger charge is 2.45. The molecule has 20 heteroatoms. The van der Waals surface area contributed by atoms with Gasteiger partial charge in [0.05, 0.1) is 42.3 Å². The summed E-state index contributed by atoms with van der Waals surface area (Å²) in [4.78, 5) is 77.0. The number of anilines is 3. The smallest absolute Gasteiger partial charge is 0.284 e.